The smallest absolute Gasteiger partial charge is 0.270 e. The molecule has 1 unspecified atom stereocenters. The first kappa shape index (κ1) is 19.1. The fourth-order valence-electron chi connectivity index (χ4n) is 3.02. The Morgan fingerprint density at radius 1 is 1.41 bits per heavy atom. The van der Waals surface area contributed by atoms with Gasteiger partial charge in [0.15, 0.2) is 5.13 Å². The number of nitrogens with zero attached hydrogens (tertiary/aromatic N) is 2. The minimum absolute atomic E-state index is 0.0155. The van der Waals surface area contributed by atoms with Crippen LogP contribution in [0.25, 0.3) is 10.2 Å². The lowest BCUT2D eigenvalue weighted by Gasteiger charge is -2.22. The lowest BCUT2D eigenvalue weighted by Crippen LogP contribution is -2.37. The number of hydrogen-bond acceptors (Lipinski definition) is 6. The van der Waals surface area contributed by atoms with Crippen LogP contribution in [0.2, 0.25) is 5.02 Å². The minimum atomic E-state index is -0.0876. The number of halogens is 2. The van der Waals surface area contributed by atoms with E-state index in [9.17, 15) is 4.79 Å². The van der Waals surface area contributed by atoms with Crippen LogP contribution in [0.5, 0.6) is 5.75 Å². The van der Waals surface area contributed by atoms with Gasteiger partial charge in [-0.25, -0.2) is 4.98 Å². The molecule has 1 fully saturated rings. The number of ether oxygens (including phenoxy) is 2. The monoisotopic (exact) mass is 486 g/mol. The van der Waals surface area contributed by atoms with Crippen LogP contribution in [0.4, 0.5) is 5.13 Å². The second-order valence-electron chi connectivity index (χ2n) is 6.08. The summed E-state index contributed by atoms with van der Waals surface area (Å²) < 4.78 is 12.9. The molecule has 1 aliphatic heterocycles. The topological polar surface area (TPSA) is 51.7 Å². The van der Waals surface area contributed by atoms with Gasteiger partial charge in [0.1, 0.15) is 11.3 Å². The number of amides is 1. The van der Waals surface area contributed by atoms with Crippen molar-refractivity contribution in [3.8, 4) is 5.75 Å². The molecule has 1 amide bonds. The largest absolute Gasteiger partial charge is 0.494 e. The first-order valence-corrected chi connectivity index (χ1v) is 11.2. The highest BCUT2D eigenvalue weighted by molar-refractivity contribution is 9.11. The Hall–Kier alpha value is -1.19. The summed E-state index contributed by atoms with van der Waals surface area (Å²) in [4.78, 5) is 20.3. The molecule has 3 heterocycles. The Balaban J connectivity index is 1.76. The maximum atomic E-state index is 13.2. The number of anilines is 1. The molecule has 0 aliphatic carbocycles. The van der Waals surface area contributed by atoms with Gasteiger partial charge in [0.25, 0.3) is 5.91 Å². The zero-order valence-electron chi connectivity index (χ0n) is 14.4. The van der Waals surface area contributed by atoms with E-state index in [0.29, 0.717) is 32.8 Å². The number of hydrogen-bond donors (Lipinski definition) is 0. The highest BCUT2D eigenvalue weighted by Crippen LogP contribution is 2.39. The van der Waals surface area contributed by atoms with Gasteiger partial charge in [-0.2, -0.15) is 0 Å². The van der Waals surface area contributed by atoms with Gasteiger partial charge in [0, 0.05) is 6.61 Å². The number of fused-ring (bicyclic) bond motifs is 1. The van der Waals surface area contributed by atoms with Crippen molar-refractivity contribution in [2.75, 3.05) is 25.2 Å². The Labute approximate surface area is 178 Å². The molecule has 3 aromatic rings. The molecular weight excluding hydrogens is 472 g/mol. The van der Waals surface area contributed by atoms with Crippen molar-refractivity contribution in [3.63, 3.8) is 0 Å². The first-order chi connectivity index (χ1) is 13.1. The number of aromatic nitrogens is 1. The van der Waals surface area contributed by atoms with Crippen molar-refractivity contribution >= 4 is 71.5 Å². The number of thiophene rings is 1. The Morgan fingerprint density at radius 3 is 2.93 bits per heavy atom. The van der Waals surface area contributed by atoms with Crippen molar-refractivity contribution in [2.45, 2.75) is 18.9 Å². The molecule has 142 valence electrons. The van der Waals surface area contributed by atoms with E-state index < -0.39 is 0 Å². The number of thiazole rings is 1. The van der Waals surface area contributed by atoms with Crippen LogP contribution >= 0.6 is 50.2 Å². The molecule has 0 saturated carbocycles. The molecule has 0 bridgehead atoms. The minimum Gasteiger partial charge on any atom is -0.494 e. The molecule has 1 aromatic carbocycles. The summed E-state index contributed by atoms with van der Waals surface area (Å²) in [5.74, 6) is 0.552. The van der Waals surface area contributed by atoms with E-state index in [0.717, 1.165) is 27.9 Å². The molecule has 27 heavy (non-hydrogen) atoms. The summed E-state index contributed by atoms with van der Waals surface area (Å²) in [6.45, 7) is 1.20. The van der Waals surface area contributed by atoms with Crippen molar-refractivity contribution in [1.29, 1.82) is 0 Å². The van der Waals surface area contributed by atoms with Crippen LogP contribution < -0.4 is 9.64 Å². The molecule has 5 nitrogen and oxygen atoms in total. The van der Waals surface area contributed by atoms with Crippen molar-refractivity contribution in [2.24, 2.45) is 0 Å². The summed E-state index contributed by atoms with van der Waals surface area (Å²) in [6.07, 6.45) is 1.96. The zero-order chi connectivity index (χ0) is 19.0. The average molecular weight is 488 g/mol. The maximum absolute atomic E-state index is 13.2. The van der Waals surface area contributed by atoms with E-state index in [-0.39, 0.29) is 12.0 Å². The molecule has 1 aliphatic rings. The summed E-state index contributed by atoms with van der Waals surface area (Å²) in [5, 5.41) is 1.19. The van der Waals surface area contributed by atoms with E-state index in [1.54, 1.807) is 24.1 Å². The van der Waals surface area contributed by atoms with Gasteiger partial charge >= 0.3 is 0 Å². The molecule has 0 radical (unpaired) electrons. The van der Waals surface area contributed by atoms with E-state index in [4.69, 9.17) is 26.1 Å². The van der Waals surface area contributed by atoms with Crippen molar-refractivity contribution in [1.82, 2.24) is 4.98 Å². The summed E-state index contributed by atoms with van der Waals surface area (Å²) >= 11 is 12.6. The molecule has 1 saturated heterocycles. The average Bonchev–Trinajstić information content (AvgIpc) is 3.40. The third kappa shape index (κ3) is 3.86. The lowest BCUT2D eigenvalue weighted by molar-refractivity contribution is 0.0920. The van der Waals surface area contributed by atoms with Crippen LogP contribution in [0.1, 0.15) is 22.5 Å². The molecule has 2 aromatic heterocycles. The SMILES string of the molecule is COc1ccc(Cl)c2sc(N(CC3CCCO3)C(=O)c3ccc(Br)s3)nc12. The van der Waals surface area contributed by atoms with Crippen LogP contribution in [-0.4, -0.2) is 37.3 Å². The Morgan fingerprint density at radius 2 is 2.26 bits per heavy atom. The molecule has 0 spiro atoms. The lowest BCUT2D eigenvalue weighted by atomic mass is 10.2. The van der Waals surface area contributed by atoms with Gasteiger partial charge in [-0.1, -0.05) is 22.9 Å². The Kier molecular flexibility index (Phi) is 5.70. The van der Waals surface area contributed by atoms with E-state index >= 15 is 0 Å². The molecule has 4 rings (SSSR count). The van der Waals surface area contributed by atoms with Gasteiger partial charge in [-0.15, -0.1) is 11.3 Å². The van der Waals surface area contributed by atoms with Crippen LogP contribution in [0.3, 0.4) is 0 Å². The second kappa shape index (κ2) is 8.05. The maximum Gasteiger partial charge on any atom is 0.270 e. The van der Waals surface area contributed by atoms with Gasteiger partial charge in [0.2, 0.25) is 0 Å². The van der Waals surface area contributed by atoms with Crippen LogP contribution in [0.15, 0.2) is 28.1 Å². The summed E-state index contributed by atoms with van der Waals surface area (Å²) in [6, 6.07) is 7.27. The number of benzene rings is 1. The van der Waals surface area contributed by atoms with Gasteiger partial charge in [0.05, 0.1) is 38.1 Å². The quantitative estimate of drug-likeness (QED) is 0.469. The normalized spacial score (nSPS) is 16.8. The predicted molar refractivity (Wildman–Crippen MR) is 114 cm³/mol. The van der Waals surface area contributed by atoms with E-state index in [1.165, 1.54) is 22.7 Å². The van der Waals surface area contributed by atoms with Gasteiger partial charge < -0.3 is 9.47 Å². The zero-order valence-corrected chi connectivity index (χ0v) is 18.4. The van der Waals surface area contributed by atoms with Crippen molar-refractivity contribution in [3.05, 3.63) is 38.0 Å². The number of rotatable bonds is 5. The predicted octanol–water partition coefficient (Wildman–Crippen LogP) is 5.61. The van der Waals surface area contributed by atoms with E-state index in [2.05, 4.69) is 15.9 Å². The first-order valence-electron chi connectivity index (χ1n) is 8.38. The third-order valence-electron chi connectivity index (χ3n) is 4.34. The number of methoxy groups -OCH3 is 1. The molecule has 0 N–H and O–H groups in total. The molecular formula is C18H16BrClN2O3S2. The van der Waals surface area contributed by atoms with Crippen LogP contribution in [0, 0.1) is 0 Å². The fraction of sp³-hybridized carbons (Fsp3) is 0.333. The molecule has 9 heteroatoms. The Bertz CT molecular complexity index is 984. The van der Waals surface area contributed by atoms with E-state index in [1.807, 2.05) is 12.1 Å². The van der Waals surface area contributed by atoms with Gasteiger partial charge in [-0.3, -0.25) is 9.69 Å². The number of carbonyl (C=O) groups is 1. The highest BCUT2D eigenvalue weighted by Gasteiger charge is 2.28. The van der Waals surface area contributed by atoms with Crippen molar-refractivity contribution < 1.29 is 14.3 Å². The summed E-state index contributed by atoms with van der Waals surface area (Å²) in [7, 11) is 1.60. The number of carbonyl (C=O) groups excluding carboxylic acids is 1. The highest BCUT2D eigenvalue weighted by atomic mass is 79.9. The second-order valence-corrected chi connectivity index (χ2v) is 9.93. The van der Waals surface area contributed by atoms with Gasteiger partial charge in [-0.05, 0) is 53.0 Å². The summed E-state index contributed by atoms with van der Waals surface area (Å²) in [5.41, 5.74) is 0.669. The fourth-order valence-corrected chi connectivity index (χ4v) is 5.62. The molecule has 1 atom stereocenters. The van der Waals surface area contributed by atoms with Crippen LogP contribution in [-0.2, 0) is 4.74 Å². The standard InChI is InChI=1S/C18H16BrClN2O3S2/c1-24-12-5-4-11(20)16-15(12)21-18(27-16)22(9-10-3-2-8-25-10)17(23)13-6-7-14(19)26-13/h4-7,10H,2-3,8-9H2,1H3. The third-order valence-corrected chi connectivity index (χ3v) is 7.49.